The molecule has 24 heavy (non-hydrogen) atoms. The van der Waals surface area contributed by atoms with E-state index < -0.39 is 0 Å². The summed E-state index contributed by atoms with van der Waals surface area (Å²) in [6.45, 7) is 4.58. The van der Waals surface area contributed by atoms with Crippen LogP contribution in [0.1, 0.15) is 46.9 Å². The smallest absolute Gasteiger partial charge is 0.318 e. The van der Waals surface area contributed by atoms with E-state index >= 15 is 0 Å². The molecule has 6 heteroatoms. The number of aliphatic hydroxyl groups is 1. The van der Waals surface area contributed by atoms with Gasteiger partial charge < -0.3 is 15.3 Å². The number of urea groups is 1. The molecule has 3 rings (SSSR count). The fraction of sp³-hybridized carbons (Fsp3) is 0.444. The standard InChI is InChI=1S/C18H23N3O2S/c1-3-14-10-19-17(24-14)12(2)20-18(23)21-9-8-13-6-4-5-7-15(13)16(21)11-22/h4-7,10,12,16,22H,3,8-9,11H2,1-2H3,(H,20,23)/t12-,16-/m0/s1. The summed E-state index contributed by atoms with van der Waals surface area (Å²) >= 11 is 1.63. The molecule has 0 saturated heterocycles. The van der Waals surface area contributed by atoms with E-state index in [0.29, 0.717) is 6.54 Å². The number of amides is 2. The molecular formula is C18H23N3O2S. The zero-order valence-electron chi connectivity index (χ0n) is 14.0. The van der Waals surface area contributed by atoms with Crippen LogP contribution in [0.5, 0.6) is 0 Å². The van der Waals surface area contributed by atoms with Crippen LogP contribution in [-0.4, -0.2) is 34.2 Å². The van der Waals surface area contributed by atoms with Crippen LogP contribution in [0.4, 0.5) is 4.79 Å². The summed E-state index contributed by atoms with van der Waals surface area (Å²) in [6.07, 6.45) is 3.63. The number of aliphatic hydroxyl groups excluding tert-OH is 1. The molecule has 0 spiro atoms. The molecule has 0 radical (unpaired) electrons. The lowest BCUT2D eigenvalue weighted by Gasteiger charge is -2.36. The highest BCUT2D eigenvalue weighted by Gasteiger charge is 2.31. The van der Waals surface area contributed by atoms with Gasteiger partial charge in [0.25, 0.3) is 0 Å². The first-order chi connectivity index (χ1) is 11.6. The number of rotatable bonds is 4. The van der Waals surface area contributed by atoms with E-state index in [1.807, 2.05) is 31.3 Å². The average molecular weight is 345 g/mol. The van der Waals surface area contributed by atoms with E-state index in [9.17, 15) is 9.90 Å². The van der Waals surface area contributed by atoms with Crippen LogP contribution in [0.15, 0.2) is 30.5 Å². The number of hydrogen-bond donors (Lipinski definition) is 2. The van der Waals surface area contributed by atoms with Crippen LogP contribution in [0, 0.1) is 0 Å². The highest BCUT2D eigenvalue weighted by Crippen LogP contribution is 2.30. The van der Waals surface area contributed by atoms with Crippen LogP contribution < -0.4 is 5.32 Å². The number of benzene rings is 1. The number of carbonyl (C=O) groups is 1. The van der Waals surface area contributed by atoms with E-state index in [4.69, 9.17) is 0 Å². The molecule has 1 aromatic carbocycles. The maximum absolute atomic E-state index is 12.7. The van der Waals surface area contributed by atoms with Gasteiger partial charge in [0.1, 0.15) is 5.01 Å². The molecule has 2 atom stereocenters. The largest absolute Gasteiger partial charge is 0.394 e. The Kier molecular flexibility index (Phi) is 5.16. The van der Waals surface area contributed by atoms with E-state index in [1.165, 1.54) is 10.4 Å². The predicted molar refractivity (Wildman–Crippen MR) is 95.1 cm³/mol. The van der Waals surface area contributed by atoms with E-state index in [-0.39, 0.29) is 24.7 Å². The minimum atomic E-state index is -0.287. The van der Waals surface area contributed by atoms with Crippen molar-refractivity contribution in [1.29, 1.82) is 0 Å². The summed E-state index contributed by atoms with van der Waals surface area (Å²) in [4.78, 5) is 20.1. The molecule has 2 heterocycles. The van der Waals surface area contributed by atoms with Crippen LogP contribution in [0.3, 0.4) is 0 Å². The maximum atomic E-state index is 12.7. The first-order valence-electron chi connectivity index (χ1n) is 8.34. The van der Waals surface area contributed by atoms with Crippen LogP contribution >= 0.6 is 11.3 Å². The van der Waals surface area contributed by atoms with Crippen molar-refractivity contribution in [1.82, 2.24) is 15.2 Å². The Balaban J connectivity index is 1.72. The number of aromatic nitrogens is 1. The van der Waals surface area contributed by atoms with E-state index in [2.05, 4.69) is 23.3 Å². The van der Waals surface area contributed by atoms with Gasteiger partial charge in [0.05, 0.1) is 18.7 Å². The maximum Gasteiger partial charge on any atom is 0.318 e. The number of aryl methyl sites for hydroxylation is 1. The Hall–Kier alpha value is -1.92. The predicted octanol–water partition coefficient (Wildman–Crippen LogP) is 3.07. The van der Waals surface area contributed by atoms with Crippen molar-refractivity contribution >= 4 is 17.4 Å². The molecule has 0 bridgehead atoms. The van der Waals surface area contributed by atoms with Gasteiger partial charge in [0.15, 0.2) is 0 Å². The molecule has 1 aliphatic rings. The third-order valence-corrected chi connectivity index (χ3v) is 5.80. The monoisotopic (exact) mass is 345 g/mol. The molecule has 2 aromatic rings. The Morgan fingerprint density at radius 1 is 1.50 bits per heavy atom. The summed E-state index contributed by atoms with van der Waals surface area (Å²) < 4.78 is 0. The molecule has 0 fully saturated rings. The Bertz CT molecular complexity index is 716. The highest BCUT2D eigenvalue weighted by molar-refractivity contribution is 7.11. The molecule has 2 N–H and O–H groups in total. The van der Waals surface area contributed by atoms with Gasteiger partial charge in [-0.1, -0.05) is 31.2 Å². The molecule has 0 aliphatic carbocycles. The van der Waals surface area contributed by atoms with Crippen molar-refractivity contribution in [2.24, 2.45) is 0 Å². The van der Waals surface area contributed by atoms with Crippen molar-refractivity contribution in [3.8, 4) is 0 Å². The van der Waals surface area contributed by atoms with Gasteiger partial charge in [0, 0.05) is 17.6 Å². The molecule has 5 nitrogen and oxygen atoms in total. The van der Waals surface area contributed by atoms with Crippen molar-refractivity contribution in [2.45, 2.75) is 38.8 Å². The third-order valence-electron chi connectivity index (χ3n) is 4.48. The normalized spacial score (nSPS) is 18.1. The number of thiazole rings is 1. The minimum Gasteiger partial charge on any atom is -0.394 e. The van der Waals surface area contributed by atoms with Gasteiger partial charge >= 0.3 is 6.03 Å². The fourth-order valence-electron chi connectivity index (χ4n) is 3.11. The number of fused-ring (bicyclic) bond motifs is 1. The quantitative estimate of drug-likeness (QED) is 0.895. The van der Waals surface area contributed by atoms with E-state index in [0.717, 1.165) is 23.4 Å². The van der Waals surface area contributed by atoms with Gasteiger partial charge in [-0.3, -0.25) is 0 Å². The summed E-state index contributed by atoms with van der Waals surface area (Å²) in [7, 11) is 0. The lowest BCUT2D eigenvalue weighted by molar-refractivity contribution is 0.125. The van der Waals surface area contributed by atoms with Gasteiger partial charge in [0.2, 0.25) is 0 Å². The zero-order valence-corrected chi connectivity index (χ0v) is 14.8. The molecule has 1 aromatic heterocycles. The first kappa shape index (κ1) is 16.9. The summed E-state index contributed by atoms with van der Waals surface area (Å²) in [5, 5.41) is 13.7. The summed E-state index contributed by atoms with van der Waals surface area (Å²) in [6, 6.07) is 7.44. The lowest BCUT2D eigenvalue weighted by Crippen LogP contribution is -2.47. The number of carbonyl (C=O) groups excluding carboxylic acids is 1. The van der Waals surface area contributed by atoms with Gasteiger partial charge in [-0.15, -0.1) is 11.3 Å². The molecule has 0 saturated carbocycles. The van der Waals surface area contributed by atoms with Crippen LogP contribution in [-0.2, 0) is 12.8 Å². The van der Waals surface area contributed by atoms with Crippen molar-refractivity contribution in [3.63, 3.8) is 0 Å². The van der Waals surface area contributed by atoms with Gasteiger partial charge in [-0.25, -0.2) is 9.78 Å². The molecule has 2 amide bonds. The fourth-order valence-corrected chi connectivity index (χ4v) is 3.97. The number of nitrogens with one attached hydrogen (secondary N) is 1. The van der Waals surface area contributed by atoms with Crippen LogP contribution in [0.25, 0.3) is 0 Å². The number of nitrogens with zero attached hydrogens (tertiary/aromatic N) is 2. The first-order valence-corrected chi connectivity index (χ1v) is 9.16. The van der Waals surface area contributed by atoms with Crippen LogP contribution in [0.2, 0.25) is 0 Å². The molecular weight excluding hydrogens is 322 g/mol. The van der Waals surface area contributed by atoms with Crippen molar-refractivity contribution in [2.75, 3.05) is 13.2 Å². The minimum absolute atomic E-state index is 0.0734. The topological polar surface area (TPSA) is 65.5 Å². The lowest BCUT2D eigenvalue weighted by atomic mass is 9.93. The second kappa shape index (κ2) is 7.32. The van der Waals surface area contributed by atoms with E-state index in [1.54, 1.807) is 16.2 Å². The second-order valence-electron chi connectivity index (χ2n) is 6.03. The van der Waals surface area contributed by atoms with Crippen molar-refractivity contribution in [3.05, 3.63) is 51.5 Å². The van der Waals surface area contributed by atoms with Gasteiger partial charge in [-0.05, 0) is 30.9 Å². The van der Waals surface area contributed by atoms with Crippen molar-refractivity contribution < 1.29 is 9.90 Å². The Labute approximate surface area is 146 Å². The zero-order chi connectivity index (χ0) is 17.1. The average Bonchev–Trinajstić information content (AvgIpc) is 3.09. The Morgan fingerprint density at radius 3 is 3.00 bits per heavy atom. The van der Waals surface area contributed by atoms with Gasteiger partial charge in [-0.2, -0.15) is 0 Å². The number of hydrogen-bond acceptors (Lipinski definition) is 4. The molecule has 0 unspecified atom stereocenters. The molecule has 128 valence electrons. The highest BCUT2D eigenvalue weighted by atomic mass is 32.1. The Morgan fingerprint density at radius 2 is 2.29 bits per heavy atom. The molecule has 1 aliphatic heterocycles. The SMILES string of the molecule is CCc1cnc([C@H](C)NC(=O)N2CCc3ccccc3[C@@H]2CO)s1. The second-order valence-corrected chi connectivity index (χ2v) is 7.18. The summed E-state index contributed by atoms with van der Waals surface area (Å²) in [5.74, 6) is 0. The summed E-state index contributed by atoms with van der Waals surface area (Å²) in [5.41, 5.74) is 2.25. The third kappa shape index (κ3) is 3.30.